The van der Waals surface area contributed by atoms with Gasteiger partial charge in [-0.15, -0.1) is 0 Å². The van der Waals surface area contributed by atoms with Crippen LogP contribution in [0.4, 0.5) is 10.5 Å². The van der Waals surface area contributed by atoms with Gasteiger partial charge in [-0.05, 0) is 50.8 Å². The third kappa shape index (κ3) is 6.60. The molecule has 2 atom stereocenters. The standard InChI is InChI=1S/C24H39N5O2/c1-19-7-5-9-22(17-19)28-15-13-27(14-16-28)12-10-20(2)25-23(30)21-8-6-11-29(18-21)24(31)26(3)4/h5,7,9,17,20-21H,6,8,10-16,18H2,1-4H3,(H,25,30). The zero-order chi connectivity index (χ0) is 22.4. The fourth-order valence-corrected chi connectivity index (χ4v) is 4.51. The molecule has 1 aromatic rings. The van der Waals surface area contributed by atoms with Crippen LogP contribution in [0.3, 0.4) is 0 Å². The Morgan fingerprint density at radius 1 is 1.16 bits per heavy atom. The summed E-state index contributed by atoms with van der Waals surface area (Å²) >= 11 is 0. The molecule has 0 radical (unpaired) electrons. The number of urea groups is 1. The molecule has 7 heteroatoms. The monoisotopic (exact) mass is 429 g/mol. The number of carbonyl (C=O) groups excluding carboxylic acids is 2. The summed E-state index contributed by atoms with van der Waals surface area (Å²) in [6, 6.07) is 8.85. The van der Waals surface area contributed by atoms with Crippen LogP contribution in [0, 0.1) is 12.8 Å². The van der Waals surface area contributed by atoms with Gasteiger partial charge in [-0.1, -0.05) is 12.1 Å². The summed E-state index contributed by atoms with van der Waals surface area (Å²) in [5, 5.41) is 3.19. The van der Waals surface area contributed by atoms with Crippen LogP contribution in [-0.4, -0.2) is 92.6 Å². The lowest BCUT2D eigenvalue weighted by atomic mass is 9.97. The van der Waals surface area contributed by atoms with E-state index < -0.39 is 0 Å². The topological polar surface area (TPSA) is 59.1 Å². The van der Waals surface area contributed by atoms with Gasteiger partial charge in [0, 0.05) is 71.6 Å². The number of carbonyl (C=O) groups is 2. The van der Waals surface area contributed by atoms with Crippen molar-refractivity contribution in [3.05, 3.63) is 29.8 Å². The molecule has 1 aromatic carbocycles. The van der Waals surface area contributed by atoms with E-state index in [0.717, 1.165) is 58.5 Å². The highest BCUT2D eigenvalue weighted by atomic mass is 16.2. The molecule has 2 aliphatic rings. The van der Waals surface area contributed by atoms with E-state index in [-0.39, 0.29) is 23.9 Å². The zero-order valence-electron chi connectivity index (χ0n) is 19.6. The first-order chi connectivity index (χ1) is 14.8. The number of piperazine rings is 1. The van der Waals surface area contributed by atoms with Gasteiger partial charge in [-0.3, -0.25) is 9.69 Å². The SMILES string of the molecule is Cc1cccc(N2CCN(CCC(C)NC(=O)C3CCCN(C(=O)N(C)C)C3)CC2)c1. The number of likely N-dealkylation sites (tertiary alicyclic amines) is 1. The minimum Gasteiger partial charge on any atom is -0.369 e. The van der Waals surface area contributed by atoms with Crippen LogP contribution in [-0.2, 0) is 4.79 Å². The van der Waals surface area contributed by atoms with E-state index in [1.54, 1.807) is 23.9 Å². The van der Waals surface area contributed by atoms with Gasteiger partial charge in [0.1, 0.15) is 0 Å². The highest BCUT2D eigenvalue weighted by Crippen LogP contribution is 2.19. The number of nitrogens with one attached hydrogen (secondary N) is 1. The second-order valence-corrected chi connectivity index (χ2v) is 9.33. The highest BCUT2D eigenvalue weighted by molar-refractivity contribution is 5.81. The fraction of sp³-hybridized carbons (Fsp3) is 0.667. The Morgan fingerprint density at radius 3 is 2.58 bits per heavy atom. The normalized spacial score (nSPS) is 21.0. The lowest BCUT2D eigenvalue weighted by Gasteiger charge is -2.37. The number of piperidine rings is 1. The number of hydrogen-bond acceptors (Lipinski definition) is 4. The number of nitrogens with zero attached hydrogens (tertiary/aromatic N) is 4. The third-order valence-electron chi connectivity index (χ3n) is 6.45. The first kappa shape index (κ1) is 23.4. The average Bonchev–Trinajstić information content (AvgIpc) is 2.77. The second kappa shape index (κ2) is 10.8. The zero-order valence-corrected chi connectivity index (χ0v) is 19.6. The molecule has 0 aromatic heterocycles. The molecule has 2 fully saturated rings. The Bertz CT molecular complexity index is 745. The Hall–Kier alpha value is -2.28. The van der Waals surface area contributed by atoms with E-state index in [1.165, 1.54) is 11.3 Å². The molecule has 2 heterocycles. The van der Waals surface area contributed by atoms with Crippen LogP contribution in [0.2, 0.25) is 0 Å². The van der Waals surface area contributed by atoms with Crippen molar-refractivity contribution in [3.8, 4) is 0 Å². The van der Waals surface area contributed by atoms with Crippen LogP contribution in [0.25, 0.3) is 0 Å². The second-order valence-electron chi connectivity index (χ2n) is 9.33. The van der Waals surface area contributed by atoms with Crippen molar-refractivity contribution in [1.29, 1.82) is 0 Å². The van der Waals surface area contributed by atoms with Crippen LogP contribution >= 0.6 is 0 Å². The van der Waals surface area contributed by atoms with Gasteiger partial charge >= 0.3 is 6.03 Å². The molecular formula is C24H39N5O2. The van der Waals surface area contributed by atoms with Crippen molar-refractivity contribution in [2.45, 2.75) is 39.2 Å². The van der Waals surface area contributed by atoms with Crippen molar-refractivity contribution in [1.82, 2.24) is 20.0 Å². The summed E-state index contributed by atoms with van der Waals surface area (Å²) in [6.45, 7) is 10.7. The smallest absolute Gasteiger partial charge is 0.319 e. The van der Waals surface area contributed by atoms with Crippen LogP contribution < -0.4 is 10.2 Å². The van der Waals surface area contributed by atoms with Crippen molar-refractivity contribution < 1.29 is 9.59 Å². The van der Waals surface area contributed by atoms with Gasteiger partial charge in [-0.25, -0.2) is 4.79 Å². The minimum atomic E-state index is -0.0991. The van der Waals surface area contributed by atoms with Crippen molar-refractivity contribution in [3.63, 3.8) is 0 Å². The lowest BCUT2D eigenvalue weighted by Crippen LogP contribution is -2.50. The largest absolute Gasteiger partial charge is 0.369 e. The number of rotatable bonds is 6. The maximum atomic E-state index is 12.7. The van der Waals surface area contributed by atoms with E-state index >= 15 is 0 Å². The molecule has 1 N–H and O–H groups in total. The van der Waals surface area contributed by atoms with Gasteiger partial charge in [0.25, 0.3) is 0 Å². The molecule has 0 bridgehead atoms. The molecule has 3 amide bonds. The highest BCUT2D eigenvalue weighted by Gasteiger charge is 2.29. The predicted molar refractivity (Wildman–Crippen MR) is 125 cm³/mol. The van der Waals surface area contributed by atoms with Crippen LogP contribution in [0.1, 0.15) is 31.7 Å². The molecule has 7 nitrogen and oxygen atoms in total. The van der Waals surface area contributed by atoms with Gasteiger partial charge in [0.05, 0.1) is 5.92 Å². The maximum absolute atomic E-state index is 12.7. The molecule has 2 saturated heterocycles. The first-order valence-electron chi connectivity index (χ1n) is 11.6. The molecule has 31 heavy (non-hydrogen) atoms. The Labute approximate surface area is 187 Å². The van der Waals surface area contributed by atoms with E-state index in [9.17, 15) is 9.59 Å². The number of benzene rings is 1. The van der Waals surface area contributed by atoms with Gasteiger partial charge < -0.3 is 20.0 Å². The molecule has 172 valence electrons. The molecule has 0 saturated carbocycles. The predicted octanol–water partition coefficient (Wildman–Crippen LogP) is 2.41. The number of anilines is 1. The average molecular weight is 430 g/mol. The Balaban J connectivity index is 1.38. The van der Waals surface area contributed by atoms with Crippen LogP contribution in [0.5, 0.6) is 0 Å². The van der Waals surface area contributed by atoms with E-state index in [0.29, 0.717) is 6.54 Å². The lowest BCUT2D eigenvalue weighted by molar-refractivity contribution is -0.127. The first-order valence-corrected chi connectivity index (χ1v) is 11.6. The Morgan fingerprint density at radius 2 is 1.90 bits per heavy atom. The van der Waals surface area contributed by atoms with Crippen molar-refractivity contribution in [2.75, 3.05) is 64.8 Å². The summed E-state index contributed by atoms with van der Waals surface area (Å²) in [7, 11) is 3.52. The molecule has 2 unspecified atom stereocenters. The molecular weight excluding hydrogens is 390 g/mol. The summed E-state index contributed by atoms with van der Waals surface area (Å²) in [5.41, 5.74) is 2.62. The molecule has 0 spiro atoms. The summed E-state index contributed by atoms with van der Waals surface area (Å²) < 4.78 is 0. The number of amides is 3. The summed E-state index contributed by atoms with van der Waals surface area (Å²) in [6.07, 6.45) is 2.69. The quantitative estimate of drug-likeness (QED) is 0.755. The molecule has 2 aliphatic heterocycles. The number of hydrogen-bond donors (Lipinski definition) is 1. The number of aryl methyl sites for hydroxylation is 1. The molecule has 3 rings (SSSR count). The van der Waals surface area contributed by atoms with Crippen molar-refractivity contribution in [2.24, 2.45) is 5.92 Å². The van der Waals surface area contributed by atoms with Crippen LogP contribution in [0.15, 0.2) is 24.3 Å². The Kier molecular flexibility index (Phi) is 8.18. The summed E-state index contributed by atoms with van der Waals surface area (Å²) in [5.74, 6) is -0.00834. The summed E-state index contributed by atoms with van der Waals surface area (Å²) in [4.78, 5) is 33.3. The molecule has 0 aliphatic carbocycles. The minimum absolute atomic E-state index is 0.00430. The van der Waals surface area contributed by atoms with E-state index in [2.05, 4.69) is 53.2 Å². The van der Waals surface area contributed by atoms with Crippen molar-refractivity contribution >= 4 is 17.6 Å². The van der Waals surface area contributed by atoms with Gasteiger partial charge in [-0.2, -0.15) is 0 Å². The van der Waals surface area contributed by atoms with E-state index in [1.807, 2.05) is 0 Å². The maximum Gasteiger partial charge on any atom is 0.319 e. The van der Waals surface area contributed by atoms with Gasteiger partial charge in [0.15, 0.2) is 0 Å². The fourth-order valence-electron chi connectivity index (χ4n) is 4.51. The van der Waals surface area contributed by atoms with E-state index in [4.69, 9.17) is 0 Å². The third-order valence-corrected chi connectivity index (χ3v) is 6.45. The van der Waals surface area contributed by atoms with Gasteiger partial charge in [0.2, 0.25) is 5.91 Å².